The normalized spacial score (nSPS) is 14.9. The third-order valence-electron chi connectivity index (χ3n) is 12.0. The number of phenolic OH excluding ortho intramolecular Hbond substituents is 1. The second kappa shape index (κ2) is 17.1. The molecule has 4 heteroatoms. The minimum Gasteiger partial charge on any atom is -0.507 e. The van der Waals surface area contributed by atoms with E-state index in [0.29, 0.717) is 67.2 Å². The molecule has 0 aliphatic heterocycles. The van der Waals surface area contributed by atoms with E-state index >= 15 is 0 Å². The molecule has 63 heavy (non-hydrogen) atoms. The Labute approximate surface area is 389 Å². The van der Waals surface area contributed by atoms with Crippen LogP contribution in [0.1, 0.15) is 147 Å². The van der Waals surface area contributed by atoms with Crippen molar-refractivity contribution in [3.8, 4) is 67.5 Å². The van der Waals surface area contributed by atoms with E-state index in [1.807, 2.05) is 85.1 Å². The molecule has 2 aromatic heterocycles. The van der Waals surface area contributed by atoms with Crippen LogP contribution in [0, 0.1) is 6.85 Å². The molecule has 0 bridgehead atoms. The van der Waals surface area contributed by atoms with E-state index in [9.17, 15) is 5.11 Å². The van der Waals surface area contributed by atoms with Crippen molar-refractivity contribution in [2.45, 2.75) is 112 Å². The Hall–Kier alpha value is -6.26. The first kappa shape index (κ1) is 32.4. The van der Waals surface area contributed by atoms with Gasteiger partial charge in [0.1, 0.15) is 11.6 Å². The molecule has 4 nitrogen and oxygen atoms in total. The van der Waals surface area contributed by atoms with Gasteiger partial charge in [-0.15, -0.1) is 0 Å². The molecule has 2 heterocycles. The van der Waals surface area contributed by atoms with Crippen LogP contribution in [0.3, 0.4) is 0 Å². The molecule has 1 N–H and O–H groups in total. The number of aromatic nitrogens is 3. The van der Waals surface area contributed by atoms with E-state index in [2.05, 4.69) is 40.7 Å². The van der Waals surface area contributed by atoms with Crippen molar-refractivity contribution < 1.29 is 18.8 Å². The standard InChI is InChI=1S/C59H63N3O/c1-35(2)43-32-50(38(7)8)57(63)51(33-43)58-61-56-49(44-29-45(31-46(30-44)59(10,11)12)52-34-41(26-27-60-52)40-18-14-13-15-19-40)22-17-23-54(56)62(58)53-25-24-42(28-39(53)9)55-47(36(3)4)20-16-21-48(55)37(5)6/h13-38,63H,1-12H3/i9D3,13D,14D,15D,18D,19D,36D,37D. The molecular weight excluding hydrogens is 767 g/mol. The number of nitrogens with zero attached hydrogens (tertiary/aromatic N) is 3. The Morgan fingerprint density at radius 2 is 1.35 bits per heavy atom. The zero-order chi connectivity index (χ0) is 53.6. The van der Waals surface area contributed by atoms with Crippen LogP contribution >= 0.6 is 0 Å². The van der Waals surface area contributed by atoms with E-state index in [-0.39, 0.29) is 46.2 Å². The van der Waals surface area contributed by atoms with Crippen LogP contribution in [0.15, 0.2) is 133 Å². The summed E-state index contributed by atoms with van der Waals surface area (Å²) in [4.78, 5) is 10.2. The Morgan fingerprint density at radius 1 is 0.651 bits per heavy atom. The first-order valence-electron chi connectivity index (χ1n) is 26.8. The quantitative estimate of drug-likeness (QED) is 0.149. The van der Waals surface area contributed by atoms with Crippen LogP contribution in [-0.2, 0) is 5.41 Å². The average molecular weight is 840 g/mol. The largest absolute Gasteiger partial charge is 0.507 e. The van der Waals surface area contributed by atoms with Gasteiger partial charge in [-0.05, 0) is 146 Å². The van der Waals surface area contributed by atoms with E-state index in [4.69, 9.17) is 23.7 Å². The van der Waals surface area contributed by atoms with Crippen LogP contribution in [0.4, 0.5) is 0 Å². The van der Waals surface area contributed by atoms with Crippen molar-refractivity contribution in [2.75, 3.05) is 0 Å². The molecule has 0 aliphatic rings. The highest BCUT2D eigenvalue weighted by molar-refractivity contribution is 5.97. The summed E-state index contributed by atoms with van der Waals surface area (Å²) in [5.74, 6) is -1.78. The number of para-hydroxylation sites is 1. The zero-order valence-corrected chi connectivity index (χ0v) is 38.3. The lowest BCUT2D eigenvalue weighted by atomic mass is 9.83. The van der Waals surface area contributed by atoms with Gasteiger partial charge < -0.3 is 5.11 Å². The number of imidazole rings is 1. The van der Waals surface area contributed by atoms with Gasteiger partial charge in [0.2, 0.25) is 0 Å². The number of pyridine rings is 1. The topological polar surface area (TPSA) is 50.9 Å². The summed E-state index contributed by atoms with van der Waals surface area (Å²) in [7, 11) is 0. The highest BCUT2D eigenvalue weighted by Gasteiger charge is 2.26. The van der Waals surface area contributed by atoms with Crippen molar-refractivity contribution in [1.82, 2.24) is 14.5 Å². The van der Waals surface area contributed by atoms with Gasteiger partial charge in [0.15, 0.2) is 0 Å². The summed E-state index contributed by atoms with van der Waals surface area (Å²) in [6.45, 7) is 19.0. The van der Waals surface area contributed by atoms with Crippen molar-refractivity contribution in [3.05, 3.63) is 167 Å². The smallest absolute Gasteiger partial charge is 0.149 e. The number of fused-ring (bicyclic) bond motifs is 1. The van der Waals surface area contributed by atoms with Gasteiger partial charge >= 0.3 is 0 Å². The van der Waals surface area contributed by atoms with E-state index in [1.54, 1.807) is 58.2 Å². The highest BCUT2D eigenvalue weighted by Crippen LogP contribution is 2.44. The molecule has 320 valence electrons. The second-order valence-corrected chi connectivity index (χ2v) is 18.7. The number of benzene rings is 6. The Balaban J connectivity index is 1.46. The third-order valence-corrected chi connectivity index (χ3v) is 12.0. The summed E-state index contributed by atoms with van der Waals surface area (Å²) in [5, 5.41) is 12.3. The lowest BCUT2D eigenvalue weighted by Crippen LogP contribution is -2.11. The van der Waals surface area contributed by atoms with Crippen molar-refractivity contribution in [2.24, 2.45) is 0 Å². The van der Waals surface area contributed by atoms with Gasteiger partial charge in [-0.3, -0.25) is 9.55 Å². The molecule has 0 amide bonds. The van der Waals surface area contributed by atoms with Gasteiger partial charge in [-0.1, -0.05) is 155 Å². The third kappa shape index (κ3) is 8.36. The van der Waals surface area contributed by atoms with Crippen LogP contribution in [0.5, 0.6) is 5.75 Å². The summed E-state index contributed by atoms with van der Waals surface area (Å²) in [6.07, 6.45) is 1.57. The number of rotatable bonds is 10. The molecule has 0 spiro atoms. The fraction of sp³-hybridized carbons (Fsp3) is 0.288. The molecule has 0 aliphatic carbocycles. The molecule has 0 atom stereocenters. The molecule has 8 aromatic rings. The second-order valence-electron chi connectivity index (χ2n) is 18.7. The summed E-state index contributed by atoms with van der Waals surface area (Å²) in [5.41, 5.74) is 9.94. The van der Waals surface area contributed by atoms with E-state index in [0.717, 1.165) is 27.8 Å². The molecule has 0 unspecified atom stereocenters. The molecule has 0 saturated carbocycles. The van der Waals surface area contributed by atoms with Gasteiger partial charge in [0, 0.05) is 24.2 Å². The summed E-state index contributed by atoms with van der Waals surface area (Å²) < 4.78 is 89.9. The molecule has 0 fully saturated rings. The fourth-order valence-electron chi connectivity index (χ4n) is 8.47. The molecule has 0 saturated heterocycles. The van der Waals surface area contributed by atoms with Gasteiger partial charge in [0.05, 0.1) is 34.8 Å². The van der Waals surface area contributed by atoms with Crippen molar-refractivity contribution >= 4 is 11.0 Å². The monoisotopic (exact) mass is 840 g/mol. The van der Waals surface area contributed by atoms with Gasteiger partial charge in [0.25, 0.3) is 0 Å². The molecular formula is C59H63N3O. The number of hydrogen-bond acceptors (Lipinski definition) is 3. The van der Waals surface area contributed by atoms with E-state index in [1.165, 1.54) is 0 Å². The molecule has 0 radical (unpaired) electrons. The lowest BCUT2D eigenvalue weighted by molar-refractivity contribution is 0.466. The maximum atomic E-state index is 12.3. The Bertz CT molecular complexity index is 3420. The SMILES string of the molecule is [2H]c1c([2H])c([2H])c(-c2ccnc(-c3cc(-c4cccc5c4nc(-c4cc(C(C)C)cc(C(C)C)c4O)n5-c4ccc(-c5c(C([2H])(C)C)cccc5C([2H])(C)C)cc4C([2H])([2H])[2H])cc(C(C)(C)C)c3)c2)c([2H])c1[2H]. The minimum absolute atomic E-state index is 0.0213. The average Bonchev–Trinajstić information content (AvgIpc) is 3.70. The van der Waals surface area contributed by atoms with Crippen molar-refractivity contribution in [3.63, 3.8) is 0 Å². The predicted octanol–water partition coefficient (Wildman–Crippen LogP) is 16.6. The van der Waals surface area contributed by atoms with E-state index < -0.39 is 36.8 Å². The number of phenols is 1. The number of aryl methyl sites for hydroxylation is 1. The summed E-state index contributed by atoms with van der Waals surface area (Å²) in [6, 6.07) is 28.2. The number of hydrogen-bond donors (Lipinski definition) is 1. The molecule has 8 rings (SSSR count). The zero-order valence-electron chi connectivity index (χ0n) is 48.3. The Kier molecular flexibility index (Phi) is 8.82. The van der Waals surface area contributed by atoms with Crippen LogP contribution in [-0.4, -0.2) is 19.6 Å². The first-order valence-corrected chi connectivity index (χ1v) is 21.8. The minimum atomic E-state index is -2.67. The lowest BCUT2D eigenvalue weighted by Gasteiger charge is -2.22. The fourth-order valence-corrected chi connectivity index (χ4v) is 8.47. The molecule has 6 aromatic carbocycles. The predicted molar refractivity (Wildman–Crippen MR) is 268 cm³/mol. The number of aromatic hydroxyl groups is 1. The van der Waals surface area contributed by atoms with Crippen LogP contribution < -0.4 is 0 Å². The Morgan fingerprint density at radius 3 is 2.00 bits per heavy atom. The van der Waals surface area contributed by atoms with Crippen molar-refractivity contribution in [1.29, 1.82) is 0 Å². The van der Waals surface area contributed by atoms with Gasteiger partial charge in [-0.2, -0.15) is 0 Å². The van der Waals surface area contributed by atoms with Gasteiger partial charge in [-0.25, -0.2) is 4.98 Å². The maximum Gasteiger partial charge on any atom is 0.149 e. The first-order chi connectivity index (χ1) is 33.9. The van der Waals surface area contributed by atoms with Crippen LogP contribution in [0.25, 0.3) is 72.7 Å². The summed E-state index contributed by atoms with van der Waals surface area (Å²) >= 11 is 0. The highest BCUT2D eigenvalue weighted by atomic mass is 16.3. The maximum absolute atomic E-state index is 12.3. The van der Waals surface area contributed by atoms with Crippen LogP contribution in [0.2, 0.25) is 0 Å².